The van der Waals surface area contributed by atoms with E-state index in [-0.39, 0.29) is 6.10 Å². The van der Waals surface area contributed by atoms with Gasteiger partial charge in [-0.2, -0.15) is 0 Å². The van der Waals surface area contributed by atoms with E-state index in [2.05, 4.69) is 48.5 Å². The molecule has 0 aliphatic carbocycles. The summed E-state index contributed by atoms with van der Waals surface area (Å²) in [5.74, 6) is 2.46. The third-order valence-electron chi connectivity index (χ3n) is 3.17. The highest BCUT2D eigenvalue weighted by Crippen LogP contribution is 2.27. The molecule has 1 aromatic rings. The van der Waals surface area contributed by atoms with Gasteiger partial charge in [-0.3, -0.25) is 4.99 Å². The first-order valence-electron chi connectivity index (χ1n) is 7.45. The number of fused-ring (bicyclic) bond motifs is 1. The second-order valence-electron chi connectivity index (χ2n) is 5.55. The summed E-state index contributed by atoms with van der Waals surface area (Å²) in [6.07, 6.45) is 1.16. The van der Waals surface area contributed by atoms with Gasteiger partial charge in [0, 0.05) is 19.5 Å². The van der Waals surface area contributed by atoms with Crippen molar-refractivity contribution >= 4 is 5.96 Å². The molecular formula is C16H25N3O. The lowest BCUT2D eigenvalue weighted by atomic mass is 10.1. The molecule has 0 amide bonds. The molecular weight excluding hydrogens is 250 g/mol. The van der Waals surface area contributed by atoms with E-state index in [1.165, 1.54) is 5.56 Å². The highest BCUT2D eigenvalue weighted by molar-refractivity contribution is 5.79. The molecule has 0 spiro atoms. The van der Waals surface area contributed by atoms with Crippen LogP contribution in [0, 0.1) is 5.92 Å². The molecule has 4 heteroatoms. The second-order valence-corrected chi connectivity index (χ2v) is 5.55. The highest BCUT2D eigenvalue weighted by atomic mass is 16.5. The van der Waals surface area contributed by atoms with E-state index < -0.39 is 0 Å². The normalized spacial score (nSPS) is 17.8. The Kier molecular flexibility index (Phi) is 5.27. The summed E-state index contributed by atoms with van der Waals surface area (Å²) in [7, 11) is 0. The summed E-state index contributed by atoms with van der Waals surface area (Å²) in [4.78, 5) is 4.56. The van der Waals surface area contributed by atoms with Gasteiger partial charge in [0.05, 0.1) is 6.54 Å². The Labute approximate surface area is 121 Å². The fourth-order valence-electron chi connectivity index (χ4n) is 2.19. The molecule has 4 nitrogen and oxygen atoms in total. The number of nitrogens with one attached hydrogen (secondary N) is 2. The lowest BCUT2D eigenvalue weighted by Gasteiger charge is -2.15. The third-order valence-corrected chi connectivity index (χ3v) is 3.17. The molecule has 20 heavy (non-hydrogen) atoms. The van der Waals surface area contributed by atoms with Crippen molar-refractivity contribution in [2.24, 2.45) is 10.9 Å². The van der Waals surface area contributed by atoms with Crippen LogP contribution in [0.3, 0.4) is 0 Å². The van der Waals surface area contributed by atoms with Crippen molar-refractivity contribution in [2.45, 2.75) is 33.3 Å². The second kappa shape index (κ2) is 7.17. The number of ether oxygens (including phenoxy) is 1. The Morgan fingerprint density at radius 1 is 1.35 bits per heavy atom. The molecule has 0 saturated heterocycles. The number of guanidine groups is 1. The van der Waals surface area contributed by atoms with Crippen LogP contribution in [0.1, 0.15) is 26.3 Å². The minimum Gasteiger partial charge on any atom is -0.488 e. The number of hydrogen-bond donors (Lipinski definition) is 2. The van der Waals surface area contributed by atoms with Crippen molar-refractivity contribution in [1.82, 2.24) is 10.6 Å². The average molecular weight is 275 g/mol. The lowest BCUT2D eigenvalue weighted by Crippen LogP contribution is -2.42. The first-order chi connectivity index (χ1) is 9.69. The van der Waals surface area contributed by atoms with Crippen LogP contribution in [0.4, 0.5) is 0 Å². The van der Waals surface area contributed by atoms with Crippen LogP contribution in [-0.4, -0.2) is 31.7 Å². The molecule has 2 N–H and O–H groups in total. The fourth-order valence-corrected chi connectivity index (χ4v) is 2.19. The minimum atomic E-state index is 0.190. The standard InChI is InChI=1S/C16H25N3O/c1-4-17-16(18-10-12(2)3)19-11-14-9-13-7-5-6-8-15(13)20-14/h5-8,12,14H,4,9-11H2,1-3H3,(H2,17,18,19). The van der Waals surface area contributed by atoms with Gasteiger partial charge in [0.15, 0.2) is 5.96 Å². The monoisotopic (exact) mass is 275 g/mol. The molecule has 0 radical (unpaired) electrons. The van der Waals surface area contributed by atoms with E-state index in [9.17, 15) is 0 Å². The van der Waals surface area contributed by atoms with E-state index >= 15 is 0 Å². The Morgan fingerprint density at radius 2 is 2.15 bits per heavy atom. The lowest BCUT2D eigenvalue weighted by molar-refractivity contribution is 0.235. The van der Waals surface area contributed by atoms with Crippen molar-refractivity contribution in [3.05, 3.63) is 29.8 Å². The van der Waals surface area contributed by atoms with Gasteiger partial charge in [0.2, 0.25) is 0 Å². The van der Waals surface area contributed by atoms with Crippen LogP contribution in [-0.2, 0) is 6.42 Å². The summed E-state index contributed by atoms with van der Waals surface area (Å²) in [6.45, 7) is 8.90. The molecule has 1 aliphatic rings. The van der Waals surface area contributed by atoms with Crippen LogP contribution < -0.4 is 15.4 Å². The van der Waals surface area contributed by atoms with Gasteiger partial charge in [0.1, 0.15) is 11.9 Å². The third kappa shape index (κ3) is 4.15. The van der Waals surface area contributed by atoms with Gasteiger partial charge in [0.25, 0.3) is 0 Å². The summed E-state index contributed by atoms with van der Waals surface area (Å²) in [5, 5.41) is 6.63. The molecule has 1 aromatic carbocycles. The Balaban J connectivity index is 1.83. The van der Waals surface area contributed by atoms with E-state index in [4.69, 9.17) is 4.74 Å². The van der Waals surface area contributed by atoms with E-state index in [1.807, 2.05) is 12.1 Å². The van der Waals surface area contributed by atoms with Crippen LogP contribution in [0.25, 0.3) is 0 Å². The van der Waals surface area contributed by atoms with Crippen molar-refractivity contribution < 1.29 is 4.74 Å². The summed E-state index contributed by atoms with van der Waals surface area (Å²) < 4.78 is 5.92. The predicted octanol–water partition coefficient (Wildman–Crippen LogP) is 2.20. The van der Waals surface area contributed by atoms with Crippen molar-refractivity contribution in [3.63, 3.8) is 0 Å². The number of para-hydroxylation sites is 1. The zero-order valence-electron chi connectivity index (χ0n) is 12.6. The van der Waals surface area contributed by atoms with E-state index in [1.54, 1.807) is 0 Å². The first kappa shape index (κ1) is 14.7. The van der Waals surface area contributed by atoms with E-state index in [0.29, 0.717) is 5.92 Å². The van der Waals surface area contributed by atoms with Gasteiger partial charge in [-0.15, -0.1) is 0 Å². The topological polar surface area (TPSA) is 45.7 Å². The van der Waals surface area contributed by atoms with Gasteiger partial charge >= 0.3 is 0 Å². The molecule has 0 fully saturated rings. The molecule has 2 rings (SSSR count). The summed E-state index contributed by atoms with van der Waals surface area (Å²) in [5.41, 5.74) is 1.29. The number of benzene rings is 1. The predicted molar refractivity (Wildman–Crippen MR) is 83.4 cm³/mol. The SMILES string of the molecule is CCNC(=NCC(C)C)NCC1Cc2ccccc2O1. The van der Waals surface area contributed by atoms with Gasteiger partial charge in [-0.25, -0.2) is 0 Å². The molecule has 0 bridgehead atoms. The number of nitrogens with zero attached hydrogens (tertiary/aromatic N) is 1. The van der Waals surface area contributed by atoms with Crippen molar-refractivity contribution in [3.8, 4) is 5.75 Å². The number of rotatable bonds is 5. The smallest absolute Gasteiger partial charge is 0.191 e. The van der Waals surface area contributed by atoms with Gasteiger partial charge in [-0.05, 0) is 24.5 Å². The van der Waals surface area contributed by atoms with Crippen LogP contribution in [0.5, 0.6) is 5.75 Å². The highest BCUT2D eigenvalue weighted by Gasteiger charge is 2.22. The summed E-state index contributed by atoms with van der Waals surface area (Å²) >= 11 is 0. The Hall–Kier alpha value is -1.71. The van der Waals surface area contributed by atoms with Gasteiger partial charge in [-0.1, -0.05) is 32.0 Å². The Morgan fingerprint density at radius 3 is 2.85 bits per heavy atom. The fraction of sp³-hybridized carbons (Fsp3) is 0.562. The maximum absolute atomic E-state index is 5.92. The first-order valence-corrected chi connectivity index (χ1v) is 7.45. The zero-order valence-corrected chi connectivity index (χ0v) is 12.6. The molecule has 0 saturated carbocycles. The largest absolute Gasteiger partial charge is 0.488 e. The van der Waals surface area contributed by atoms with Gasteiger partial charge < -0.3 is 15.4 Å². The van der Waals surface area contributed by atoms with Crippen LogP contribution in [0.15, 0.2) is 29.3 Å². The van der Waals surface area contributed by atoms with Crippen LogP contribution in [0.2, 0.25) is 0 Å². The molecule has 1 unspecified atom stereocenters. The number of hydrogen-bond acceptors (Lipinski definition) is 2. The maximum Gasteiger partial charge on any atom is 0.191 e. The average Bonchev–Trinajstić information content (AvgIpc) is 2.84. The van der Waals surface area contributed by atoms with Crippen LogP contribution >= 0.6 is 0 Å². The Bertz CT molecular complexity index is 432. The van der Waals surface area contributed by atoms with E-state index in [0.717, 1.165) is 37.8 Å². The quantitative estimate of drug-likeness (QED) is 0.639. The summed E-state index contributed by atoms with van der Waals surface area (Å²) in [6, 6.07) is 8.25. The molecule has 1 aliphatic heterocycles. The zero-order chi connectivity index (χ0) is 14.4. The molecule has 1 heterocycles. The minimum absolute atomic E-state index is 0.190. The number of aliphatic imine (C=N–C) groups is 1. The molecule has 110 valence electrons. The van der Waals surface area contributed by atoms with Crippen molar-refractivity contribution in [2.75, 3.05) is 19.6 Å². The van der Waals surface area contributed by atoms with Crippen molar-refractivity contribution in [1.29, 1.82) is 0 Å². The molecule has 1 atom stereocenters. The maximum atomic E-state index is 5.92. The molecule has 0 aromatic heterocycles.